The lowest BCUT2D eigenvalue weighted by atomic mass is 9.96. The van der Waals surface area contributed by atoms with Gasteiger partial charge in [0.25, 0.3) is 0 Å². The molecule has 1 heterocycles. The Morgan fingerprint density at radius 1 is 1.29 bits per heavy atom. The van der Waals surface area contributed by atoms with Crippen molar-refractivity contribution in [2.75, 3.05) is 26.7 Å². The first-order valence-corrected chi connectivity index (χ1v) is 7.58. The summed E-state index contributed by atoms with van der Waals surface area (Å²) < 4.78 is 0. The van der Waals surface area contributed by atoms with Gasteiger partial charge in [0, 0.05) is 37.5 Å². The van der Waals surface area contributed by atoms with Crippen LogP contribution in [0.3, 0.4) is 0 Å². The van der Waals surface area contributed by atoms with Crippen LogP contribution in [0.4, 0.5) is 0 Å². The van der Waals surface area contributed by atoms with E-state index >= 15 is 0 Å². The molecule has 0 aromatic rings. The van der Waals surface area contributed by atoms with Crippen LogP contribution in [0.1, 0.15) is 46.5 Å². The van der Waals surface area contributed by atoms with Crippen molar-refractivity contribution in [1.29, 1.82) is 0 Å². The monoisotopic (exact) mass is 319 g/mol. The summed E-state index contributed by atoms with van der Waals surface area (Å²) in [6.45, 7) is 7.91. The van der Waals surface area contributed by atoms with E-state index in [-0.39, 0.29) is 29.6 Å². The summed E-state index contributed by atoms with van der Waals surface area (Å²) in [4.78, 5) is 25.7. The average molecular weight is 320 g/mol. The molecule has 1 aliphatic rings. The van der Waals surface area contributed by atoms with Crippen molar-refractivity contribution in [2.24, 2.45) is 5.41 Å². The summed E-state index contributed by atoms with van der Waals surface area (Å²) >= 11 is 0. The molecule has 5 nitrogen and oxygen atoms in total. The van der Waals surface area contributed by atoms with E-state index in [1.165, 1.54) is 0 Å². The number of carbonyl (C=O) groups excluding carboxylic acids is 2. The highest BCUT2D eigenvalue weighted by Crippen LogP contribution is 2.13. The standard InChI is InChI=1S/C15H29N3O2.ClH/c1-15(2,3)14(20)17-9-5-8-13(19)18-10-6-7-12(11-18)16-4;/h12,16H,5-11H2,1-4H3,(H,17,20);1H. The van der Waals surface area contributed by atoms with Crippen LogP contribution in [0, 0.1) is 5.41 Å². The number of carbonyl (C=O) groups is 2. The van der Waals surface area contributed by atoms with Crippen LogP contribution in [-0.2, 0) is 9.59 Å². The Morgan fingerprint density at radius 2 is 1.95 bits per heavy atom. The lowest BCUT2D eigenvalue weighted by Crippen LogP contribution is -2.47. The Labute approximate surface area is 134 Å². The third-order valence-electron chi connectivity index (χ3n) is 3.72. The molecule has 6 heteroatoms. The number of hydrogen-bond donors (Lipinski definition) is 2. The van der Waals surface area contributed by atoms with Crippen molar-refractivity contribution in [3.05, 3.63) is 0 Å². The van der Waals surface area contributed by atoms with Crippen LogP contribution in [0.15, 0.2) is 0 Å². The van der Waals surface area contributed by atoms with Gasteiger partial charge in [-0.1, -0.05) is 20.8 Å². The number of halogens is 1. The van der Waals surface area contributed by atoms with Crippen LogP contribution >= 0.6 is 12.4 Å². The quantitative estimate of drug-likeness (QED) is 0.756. The summed E-state index contributed by atoms with van der Waals surface area (Å²) in [6.07, 6.45) is 3.43. The zero-order valence-electron chi connectivity index (χ0n) is 13.7. The molecule has 2 amide bonds. The zero-order valence-corrected chi connectivity index (χ0v) is 14.5. The maximum Gasteiger partial charge on any atom is 0.225 e. The largest absolute Gasteiger partial charge is 0.356 e. The summed E-state index contributed by atoms with van der Waals surface area (Å²) in [7, 11) is 1.95. The van der Waals surface area contributed by atoms with Crippen LogP contribution < -0.4 is 10.6 Å². The molecule has 1 rings (SSSR count). The van der Waals surface area contributed by atoms with Crippen LogP contribution in [0.25, 0.3) is 0 Å². The molecule has 124 valence electrons. The second kappa shape index (κ2) is 9.26. The van der Waals surface area contributed by atoms with Crippen molar-refractivity contribution < 1.29 is 9.59 Å². The molecule has 2 N–H and O–H groups in total. The van der Waals surface area contributed by atoms with Gasteiger partial charge in [-0.2, -0.15) is 0 Å². The van der Waals surface area contributed by atoms with E-state index in [0.29, 0.717) is 25.4 Å². The summed E-state index contributed by atoms with van der Waals surface area (Å²) in [5.41, 5.74) is -0.364. The Hall–Kier alpha value is -0.810. The van der Waals surface area contributed by atoms with Crippen LogP contribution in [0.5, 0.6) is 0 Å². The van der Waals surface area contributed by atoms with E-state index in [4.69, 9.17) is 0 Å². The predicted molar refractivity (Wildman–Crippen MR) is 87.6 cm³/mol. The molecule has 0 radical (unpaired) electrons. The van der Waals surface area contributed by atoms with E-state index in [9.17, 15) is 9.59 Å². The molecule has 21 heavy (non-hydrogen) atoms. The fourth-order valence-corrected chi connectivity index (χ4v) is 2.30. The molecule has 1 fully saturated rings. The van der Waals surface area contributed by atoms with Crippen molar-refractivity contribution in [3.8, 4) is 0 Å². The number of hydrogen-bond acceptors (Lipinski definition) is 3. The third kappa shape index (κ3) is 7.14. The Balaban J connectivity index is 0.00000400. The summed E-state index contributed by atoms with van der Waals surface area (Å²) in [5.74, 6) is 0.244. The normalized spacial score (nSPS) is 18.9. The fourth-order valence-electron chi connectivity index (χ4n) is 2.30. The highest BCUT2D eigenvalue weighted by molar-refractivity contribution is 5.85. The first-order valence-electron chi connectivity index (χ1n) is 7.58. The number of amides is 2. The second-order valence-corrected chi connectivity index (χ2v) is 6.58. The molecule has 0 aliphatic carbocycles. The molecule has 0 aromatic heterocycles. The first-order chi connectivity index (χ1) is 9.34. The van der Waals surface area contributed by atoms with Gasteiger partial charge >= 0.3 is 0 Å². The van der Waals surface area contributed by atoms with E-state index in [2.05, 4.69) is 10.6 Å². The molecular weight excluding hydrogens is 290 g/mol. The molecule has 0 saturated carbocycles. The van der Waals surface area contributed by atoms with Gasteiger partial charge in [-0.05, 0) is 26.3 Å². The molecule has 1 atom stereocenters. The molecular formula is C15H30ClN3O2. The van der Waals surface area contributed by atoms with Crippen LogP contribution in [0.2, 0.25) is 0 Å². The lowest BCUT2D eigenvalue weighted by molar-refractivity contribution is -0.133. The van der Waals surface area contributed by atoms with E-state index in [0.717, 1.165) is 25.9 Å². The topological polar surface area (TPSA) is 61.4 Å². The smallest absolute Gasteiger partial charge is 0.225 e. The minimum atomic E-state index is -0.364. The van der Waals surface area contributed by atoms with Crippen molar-refractivity contribution in [3.63, 3.8) is 0 Å². The van der Waals surface area contributed by atoms with Crippen molar-refractivity contribution in [2.45, 2.75) is 52.5 Å². The van der Waals surface area contributed by atoms with Gasteiger partial charge in [-0.25, -0.2) is 0 Å². The number of likely N-dealkylation sites (tertiary alicyclic amines) is 1. The second-order valence-electron chi connectivity index (χ2n) is 6.58. The van der Waals surface area contributed by atoms with E-state index in [1.807, 2.05) is 32.7 Å². The summed E-state index contributed by atoms with van der Waals surface area (Å²) in [6, 6.07) is 0.424. The minimum Gasteiger partial charge on any atom is -0.356 e. The Bertz CT molecular complexity index is 342. The number of piperidine rings is 1. The predicted octanol–water partition coefficient (Wildman–Crippen LogP) is 1.56. The fraction of sp³-hybridized carbons (Fsp3) is 0.867. The molecule has 1 saturated heterocycles. The number of rotatable bonds is 5. The molecule has 1 aliphatic heterocycles. The molecule has 0 bridgehead atoms. The maximum absolute atomic E-state index is 12.1. The van der Waals surface area contributed by atoms with Gasteiger partial charge in [-0.3, -0.25) is 9.59 Å². The van der Waals surface area contributed by atoms with Gasteiger partial charge in [0.05, 0.1) is 0 Å². The average Bonchev–Trinajstić information content (AvgIpc) is 2.42. The maximum atomic E-state index is 12.1. The van der Waals surface area contributed by atoms with Gasteiger partial charge < -0.3 is 15.5 Å². The Kier molecular flexibility index (Phi) is 8.90. The first kappa shape index (κ1) is 20.2. The Morgan fingerprint density at radius 3 is 2.52 bits per heavy atom. The highest BCUT2D eigenvalue weighted by Gasteiger charge is 2.23. The number of nitrogens with one attached hydrogen (secondary N) is 2. The lowest BCUT2D eigenvalue weighted by Gasteiger charge is -2.32. The molecule has 1 unspecified atom stereocenters. The zero-order chi connectivity index (χ0) is 15.2. The van der Waals surface area contributed by atoms with Gasteiger partial charge in [0.1, 0.15) is 0 Å². The van der Waals surface area contributed by atoms with Crippen molar-refractivity contribution in [1.82, 2.24) is 15.5 Å². The molecule has 0 aromatic carbocycles. The SMILES string of the molecule is CNC1CCCN(C(=O)CCCNC(=O)C(C)(C)C)C1.Cl. The van der Waals surface area contributed by atoms with Gasteiger partial charge in [0.2, 0.25) is 11.8 Å². The number of nitrogens with zero attached hydrogens (tertiary/aromatic N) is 1. The van der Waals surface area contributed by atoms with Crippen molar-refractivity contribution >= 4 is 24.2 Å². The summed E-state index contributed by atoms with van der Waals surface area (Å²) in [5, 5.41) is 6.12. The molecule has 0 spiro atoms. The van der Waals surface area contributed by atoms with Gasteiger partial charge in [0.15, 0.2) is 0 Å². The number of likely N-dealkylation sites (N-methyl/N-ethyl adjacent to an activating group) is 1. The minimum absolute atomic E-state index is 0. The third-order valence-corrected chi connectivity index (χ3v) is 3.72. The van der Waals surface area contributed by atoms with Gasteiger partial charge in [-0.15, -0.1) is 12.4 Å². The van der Waals surface area contributed by atoms with E-state index < -0.39 is 0 Å². The van der Waals surface area contributed by atoms with E-state index in [1.54, 1.807) is 0 Å². The highest BCUT2D eigenvalue weighted by atomic mass is 35.5. The van der Waals surface area contributed by atoms with Crippen LogP contribution in [-0.4, -0.2) is 49.4 Å².